The molecule has 0 saturated heterocycles. The van der Waals surface area contributed by atoms with Crippen LogP contribution in [0.4, 0.5) is 0 Å². The predicted octanol–water partition coefficient (Wildman–Crippen LogP) is 3.63. The van der Waals surface area contributed by atoms with Gasteiger partial charge in [-0.25, -0.2) is 0 Å². The number of nitrogens with zero attached hydrogens (tertiary/aromatic N) is 4. The number of halogens is 2. The van der Waals surface area contributed by atoms with E-state index in [0.29, 0.717) is 15.0 Å². The summed E-state index contributed by atoms with van der Waals surface area (Å²) in [5, 5.41) is 14.6. The molecule has 1 aromatic carbocycles. The van der Waals surface area contributed by atoms with Crippen molar-refractivity contribution in [2.45, 2.75) is 13.0 Å². The molecule has 0 bridgehead atoms. The minimum Gasteiger partial charge on any atom is -0.342 e. The molecule has 1 amide bonds. The highest BCUT2D eigenvalue weighted by molar-refractivity contribution is 9.10. The lowest BCUT2D eigenvalue weighted by Gasteiger charge is -2.13. The van der Waals surface area contributed by atoms with Gasteiger partial charge < -0.3 is 5.32 Å². The molecule has 3 aromatic rings. The first kappa shape index (κ1) is 16.1. The van der Waals surface area contributed by atoms with Gasteiger partial charge in [0.15, 0.2) is 5.82 Å². The number of amides is 1. The number of hydrogen-bond acceptors (Lipinski definition) is 5. The third-order valence-electron chi connectivity index (χ3n) is 3.08. The van der Waals surface area contributed by atoms with E-state index in [0.717, 1.165) is 10.2 Å². The molecule has 1 unspecified atom stereocenters. The first-order valence-electron chi connectivity index (χ1n) is 6.65. The summed E-state index contributed by atoms with van der Waals surface area (Å²) in [5.41, 5.74) is 0.805. The molecule has 2 heterocycles. The maximum absolute atomic E-state index is 12.2. The van der Waals surface area contributed by atoms with E-state index >= 15 is 0 Å². The molecule has 3 rings (SSSR count). The maximum Gasteiger partial charge on any atom is 0.261 e. The van der Waals surface area contributed by atoms with Crippen LogP contribution in [0, 0.1) is 0 Å². The Bertz CT molecular complexity index is 849. The molecule has 0 fully saturated rings. The Morgan fingerprint density at radius 3 is 2.91 bits per heavy atom. The Labute approximate surface area is 149 Å². The molecular formula is C14H11BrClN5OS. The van der Waals surface area contributed by atoms with Gasteiger partial charge in [0.05, 0.1) is 20.9 Å². The van der Waals surface area contributed by atoms with E-state index in [1.54, 1.807) is 16.8 Å². The number of carbonyl (C=O) groups is 1. The second-order valence-electron chi connectivity index (χ2n) is 4.73. The number of benzene rings is 1. The Morgan fingerprint density at radius 2 is 2.22 bits per heavy atom. The van der Waals surface area contributed by atoms with Crippen molar-refractivity contribution in [3.05, 3.63) is 55.9 Å². The van der Waals surface area contributed by atoms with Gasteiger partial charge in [-0.15, -0.1) is 16.4 Å². The molecule has 0 aliphatic heterocycles. The summed E-state index contributed by atoms with van der Waals surface area (Å²) in [6.07, 6.45) is 0. The highest BCUT2D eigenvalue weighted by atomic mass is 79.9. The molecule has 0 aliphatic rings. The summed E-state index contributed by atoms with van der Waals surface area (Å²) in [6.45, 7) is 1.83. The number of rotatable bonds is 4. The van der Waals surface area contributed by atoms with Crippen LogP contribution in [-0.4, -0.2) is 26.1 Å². The van der Waals surface area contributed by atoms with Crippen molar-refractivity contribution in [1.29, 1.82) is 0 Å². The van der Waals surface area contributed by atoms with Crippen molar-refractivity contribution >= 4 is 44.8 Å². The molecule has 2 aromatic heterocycles. The van der Waals surface area contributed by atoms with E-state index in [9.17, 15) is 4.79 Å². The van der Waals surface area contributed by atoms with E-state index in [-0.39, 0.29) is 11.9 Å². The van der Waals surface area contributed by atoms with Crippen LogP contribution in [0.3, 0.4) is 0 Å². The van der Waals surface area contributed by atoms with Crippen LogP contribution in [0.5, 0.6) is 0 Å². The average Bonchev–Trinajstić information content (AvgIpc) is 3.15. The summed E-state index contributed by atoms with van der Waals surface area (Å²) in [5.74, 6) is 0.331. The number of nitrogens with one attached hydrogen (secondary N) is 1. The van der Waals surface area contributed by atoms with Gasteiger partial charge in [-0.1, -0.05) is 33.6 Å². The molecule has 0 spiro atoms. The first-order chi connectivity index (χ1) is 11.0. The molecule has 23 heavy (non-hydrogen) atoms. The van der Waals surface area contributed by atoms with Crippen LogP contribution in [0.1, 0.15) is 28.5 Å². The highest BCUT2D eigenvalue weighted by Gasteiger charge is 2.19. The van der Waals surface area contributed by atoms with Crippen LogP contribution < -0.4 is 5.32 Å². The van der Waals surface area contributed by atoms with Gasteiger partial charge in [-0.2, -0.15) is 4.68 Å². The van der Waals surface area contributed by atoms with Crippen molar-refractivity contribution in [3.63, 3.8) is 0 Å². The molecular weight excluding hydrogens is 402 g/mol. The second-order valence-corrected chi connectivity index (χ2v) is 7.36. The molecule has 0 aliphatic carbocycles. The zero-order valence-corrected chi connectivity index (χ0v) is 15.1. The van der Waals surface area contributed by atoms with Crippen LogP contribution >= 0.6 is 38.9 Å². The van der Waals surface area contributed by atoms with Gasteiger partial charge >= 0.3 is 0 Å². The fourth-order valence-corrected chi connectivity index (χ4v) is 3.36. The predicted molar refractivity (Wildman–Crippen MR) is 92.1 cm³/mol. The van der Waals surface area contributed by atoms with Crippen molar-refractivity contribution in [1.82, 2.24) is 25.5 Å². The minimum absolute atomic E-state index is 0.210. The molecule has 1 N–H and O–H groups in total. The third kappa shape index (κ3) is 3.60. The molecule has 1 atom stereocenters. The van der Waals surface area contributed by atoms with E-state index < -0.39 is 0 Å². The summed E-state index contributed by atoms with van der Waals surface area (Å²) in [7, 11) is 0. The van der Waals surface area contributed by atoms with E-state index in [1.807, 2.05) is 31.2 Å². The standard InChI is InChI=1S/C14H11BrClN5OS/c1-8(17-14(22)11-5-6-12(16)23-11)13-18-19-20-21(13)10-4-2-3-9(15)7-10/h2-8H,1H3,(H,17,22). The summed E-state index contributed by atoms with van der Waals surface area (Å²) >= 11 is 10.5. The Morgan fingerprint density at radius 1 is 1.39 bits per heavy atom. The Hall–Kier alpha value is -1.77. The van der Waals surface area contributed by atoms with E-state index in [4.69, 9.17) is 11.6 Å². The minimum atomic E-state index is -0.364. The van der Waals surface area contributed by atoms with Crippen LogP contribution in [-0.2, 0) is 0 Å². The highest BCUT2D eigenvalue weighted by Crippen LogP contribution is 2.22. The van der Waals surface area contributed by atoms with Gasteiger partial charge in [0, 0.05) is 4.47 Å². The zero-order chi connectivity index (χ0) is 16.4. The summed E-state index contributed by atoms with van der Waals surface area (Å²) in [4.78, 5) is 12.8. The van der Waals surface area contributed by atoms with Gasteiger partial charge in [0.2, 0.25) is 0 Å². The topological polar surface area (TPSA) is 72.7 Å². The number of carbonyl (C=O) groups excluding carboxylic acids is 1. The van der Waals surface area contributed by atoms with Crippen molar-refractivity contribution in [2.24, 2.45) is 0 Å². The van der Waals surface area contributed by atoms with Crippen molar-refractivity contribution in [2.75, 3.05) is 0 Å². The monoisotopic (exact) mass is 411 g/mol. The van der Waals surface area contributed by atoms with Crippen LogP contribution in [0.25, 0.3) is 5.69 Å². The lowest BCUT2D eigenvalue weighted by Crippen LogP contribution is -2.28. The van der Waals surface area contributed by atoms with E-state index in [2.05, 4.69) is 36.8 Å². The van der Waals surface area contributed by atoms with Crippen molar-refractivity contribution in [3.8, 4) is 5.69 Å². The second kappa shape index (κ2) is 6.77. The average molecular weight is 413 g/mol. The van der Waals surface area contributed by atoms with Gasteiger partial charge in [-0.3, -0.25) is 4.79 Å². The largest absolute Gasteiger partial charge is 0.342 e. The fourth-order valence-electron chi connectivity index (χ4n) is 2.02. The van der Waals surface area contributed by atoms with Crippen LogP contribution in [0.2, 0.25) is 4.34 Å². The normalized spacial score (nSPS) is 12.1. The smallest absolute Gasteiger partial charge is 0.261 e. The number of thiophene rings is 1. The Kier molecular flexibility index (Phi) is 4.74. The summed E-state index contributed by atoms with van der Waals surface area (Å²) in [6, 6.07) is 10.6. The quantitative estimate of drug-likeness (QED) is 0.710. The lowest BCUT2D eigenvalue weighted by atomic mass is 10.2. The SMILES string of the molecule is CC(NC(=O)c1ccc(Cl)s1)c1nnnn1-c1cccc(Br)c1. The molecule has 9 heteroatoms. The van der Waals surface area contributed by atoms with Gasteiger partial charge in [-0.05, 0) is 47.7 Å². The lowest BCUT2D eigenvalue weighted by molar-refractivity contribution is 0.0942. The third-order valence-corrected chi connectivity index (χ3v) is 4.80. The summed E-state index contributed by atoms with van der Waals surface area (Å²) < 4.78 is 3.08. The number of aromatic nitrogens is 4. The Balaban J connectivity index is 1.82. The zero-order valence-electron chi connectivity index (χ0n) is 11.9. The van der Waals surface area contributed by atoms with Crippen LogP contribution in [0.15, 0.2) is 40.9 Å². The van der Waals surface area contributed by atoms with Gasteiger partial charge in [0.1, 0.15) is 0 Å². The maximum atomic E-state index is 12.2. The molecule has 0 radical (unpaired) electrons. The molecule has 6 nitrogen and oxygen atoms in total. The number of hydrogen-bond donors (Lipinski definition) is 1. The van der Waals surface area contributed by atoms with Crippen molar-refractivity contribution < 1.29 is 4.79 Å². The van der Waals surface area contributed by atoms with Gasteiger partial charge in [0.25, 0.3) is 5.91 Å². The molecule has 0 saturated carbocycles. The van der Waals surface area contributed by atoms with E-state index in [1.165, 1.54) is 11.3 Å². The first-order valence-corrected chi connectivity index (χ1v) is 8.64. The molecule has 118 valence electrons. The fraction of sp³-hybridized carbons (Fsp3) is 0.143. The number of tetrazole rings is 1.